The summed E-state index contributed by atoms with van der Waals surface area (Å²) in [5.41, 5.74) is 2.36. The number of hydrogen-bond donors (Lipinski definition) is 2. The van der Waals surface area contributed by atoms with E-state index >= 15 is 0 Å². The number of carbonyl (C=O) groups excluding carboxylic acids is 1. The second kappa shape index (κ2) is 7.43. The molecule has 1 aliphatic heterocycles. The van der Waals surface area contributed by atoms with Crippen LogP contribution in [0, 0.1) is 5.92 Å². The fraction of sp³-hybridized carbons (Fsp3) is 0.562. The van der Waals surface area contributed by atoms with Crippen molar-refractivity contribution in [2.45, 2.75) is 19.5 Å². The van der Waals surface area contributed by atoms with Crippen molar-refractivity contribution in [1.29, 1.82) is 0 Å². The van der Waals surface area contributed by atoms with Gasteiger partial charge < -0.3 is 20.2 Å². The van der Waals surface area contributed by atoms with Gasteiger partial charge in [-0.1, -0.05) is 24.3 Å². The van der Waals surface area contributed by atoms with Crippen LogP contribution in [0.2, 0.25) is 0 Å². The summed E-state index contributed by atoms with van der Waals surface area (Å²) in [4.78, 5) is 16.0. The number of nitrogens with one attached hydrogen (secondary N) is 1. The molecule has 0 spiro atoms. The van der Waals surface area contributed by atoms with Gasteiger partial charge in [0, 0.05) is 38.7 Å². The third-order valence-corrected chi connectivity index (χ3v) is 3.77. The fourth-order valence-corrected chi connectivity index (χ4v) is 2.66. The number of aliphatic hydroxyl groups is 1. The van der Waals surface area contributed by atoms with Gasteiger partial charge in [0.25, 0.3) is 0 Å². The van der Waals surface area contributed by atoms with Crippen molar-refractivity contribution in [2.24, 2.45) is 5.92 Å². The molecule has 0 aliphatic carbocycles. The highest BCUT2D eigenvalue weighted by atomic mass is 16.3. The van der Waals surface area contributed by atoms with Gasteiger partial charge in [-0.05, 0) is 31.6 Å². The van der Waals surface area contributed by atoms with Crippen molar-refractivity contribution in [3.05, 3.63) is 35.4 Å². The van der Waals surface area contributed by atoms with Gasteiger partial charge >= 0.3 is 6.03 Å². The van der Waals surface area contributed by atoms with Gasteiger partial charge in [-0.15, -0.1) is 0 Å². The second-order valence-corrected chi connectivity index (χ2v) is 6.00. The van der Waals surface area contributed by atoms with Crippen LogP contribution in [0.5, 0.6) is 0 Å². The Morgan fingerprint density at radius 1 is 1.43 bits per heavy atom. The first-order valence-electron chi connectivity index (χ1n) is 7.44. The van der Waals surface area contributed by atoms with E-state index in [4.69, 9.17) is 5.11 Å². The molecule has 0 aromatic heterocycles. The second-order valence-electron chi connectivity index (χ2n) is 6.00. The van der Waals surface area contributed by atoms with Gasteiger partial charge in [0.05, 0.1) is 0 Å². The molecule has 5 nitrogen and oxygen atoms in total. The molecule has 21 heavy (non-hydrogen) atoms. The number of aliphatic hydroxyl groups excluding tert-OH is 1. The van der Waals surface area contributed by atoms with Gasteiger partial charge in [0.1, 0.15) is 0 Å². The van der Waals surface area contributed by atoms with E-state index in [0.717, 1.165) is 25.1 Å². The summed E-state index contributed by atoms with van der Waals surface area (Å²) in [6, 6.07) is 8.24. The summed E-state index contributed by atoms with van der Waals surface area (Å²) in [6.07, 6.45) is 0.891. The first kappa shape index (κ1) is 15.8. The third kappa shape index (κ3) is 4.72. The third-order valence-electron chi connectivity index (χ3n) is 3.77. The molecule has 1 heterocycles. The Hall–Kier alpha value is -1.59. The number of hydrogen-bond acceptors (Lipinski definition) is 3. The van der Waals surface area contributed by atoms with Crippen molar-refractivity contribution in [3.63, 3.8) is 0 Å². The Labute approximate surface area is 126 Å². The zero-order valence-electron chi connectivity index (χ0n) is 12.9. The molecule has 0 radical (unpaired) electrons. The van der Waals surface area contributed by atoms with E-state index in [9.17, 15) is 4.79 Å². The maximum absolute atomic E-state index is 12.1. The highest BCUT2D eigenvalue weighted by Gasteiger charge is 2.25. The van der Waals surface area contributed by atoms with Gasteiger partial charge in [-0.3, -0.25) is 0 Å². The minimum Gasteiger partial charge on any atom is -0.396 e. The molecule has 1 saturated heterocycles. The standard InChI is InChI=1S/C16H25N3O2/c1-18(2)10-14-5-3-4-13(8-14)9-17-16(21)19-7-6-15(11-19)12-20/h3-5,8,15,20H,6-7,9-12H2,1-2H3,(H,17,21). The average Bonchev–Trinajstić information content (AvgIpc) is 2.93. The zero-order chi connectivity index (χ0) is 15.2. The van der Waals surface area contributed by atoms with E-state index in [2.05, 4.69) is 22.3 Å². The lowest BCUT2D eigenvalue weighted by Crippen LogP contribution is -2.38. The first-order chi connectivity index (χ1) is 10.1. The van der Waals surface area contributed by atoms with Crippen LogP contribution < -0.4 is 5.32 Å². The van der Waals surface area contributed by atoms with Crippen LogP contribution in [0.4, 0.5) is 4.79 Å². The predicted molar refractivity (Wildman–Crippen MR) is 82.8 cm³/mol. The molecule has 2 amide bonds. The highest BCUT2D eigenvalue weighted by molar-refractivity contribution is 5.74. The van der Waals surface area contributed by atoms with E-state index < -0.39 is 0 Å². The maximum atomic E-state index is 12.1. The Bertz CT molecular complexity index is 476. The molecular formula is C16H25N3O2. The normalized spacial score (nSPS) is 18.3. The Morgan fingerprint density at radius 3 is 2.86 bits per heavy atom. The van der Waals surface area contributed by atoms with Gasteiger partial charge in [0.15, 0.2) is 0 Å². The minimum absolute atomic E-state index is 0.0380. The maximum Gasteiger partial charge on any atom is 0.317 e. The van der Waals surface area contributed by atoms with Crippen molar-refractivity contribution in [3.8, 4) is 0 Å². The van der Waals surface area contributed by atoms with Crippen molar-refractivity contribution < 1.29 is 9.90 Å². The summed E-state index contributed by atoms with van der Waals surface area (Å²) in [6.45, 7) is 2.99. The molecule has 2 N–H and O–H groups in total. The largest absolute Gasteiger partial charge is 0.396 e. The molecule has 0 bridgehead atoms. The molecule has 1 aromatic rings. The molecule has 0 saturated carbocycles. The molecule has 116 valence electrons. The molecule has 2 rings (SSSR count). The minimum atomic E-state index is -0.0380. The summed E-state index contributed by atoms with van der Waals surface area (Å²) >= 11 is 0. The number of amides is 2. The van der Waals surface area contributed by atoms with E-state index in [0.29, 0.717) is 13.1 Å². The summed E-state index contributed by atoms with van der Waals surface area (Å²) in [7, 11) is 4.08. The van der Waals surface area contributed by atoms with E-state index in [-0.39, 0.29) is 18.6 Å². The van der Waals surface area contributed by atoms with Crippen molar-refractivity contribution in [1.82, 2.24) is 15.1 Å². The summed E-state index contributed by atoms with van der Waals surface area (Å²) in [5.74, 6) is 0.235. The number of carbonyl (C=O) groups is 1. The molecule has 1 unspecified atom stereocenters. The lowest BCUT2D eigenvalue weighted by atomic mass is 10.1. The predicted octanol–water partition coefficient (Wildman–Crippen LogP) is 1.27. The Balaban J connectivity index is 1.84. The summed E-state index contributed by atoms with van der Waals surface area (Å²) < 4.78 is 0. The molecule has 1 atom stereocenters. The smallest absolute Gasteiger partial charge is 0.317 e. The molecule has 5 heteroatoms. The van der Waals surface area contributed by atoms with E-state index in [1.54, 1.807) is 4.90 Å². The van der Waals surface area contributed by atoms with Gasteiger partial charge in [-0.25, -0.2) is 4.79 Å². The number of likely N-dealkylation sites (tertiary alicyclic amines) is 1. The molecule has 1 aromatic carbocycles. The van der Waals surface area contributed by atoms with Crippen LogP contribution in [-0.2, 0) is 13.1 Å². The van der Waals surface area contributed by atoms with Gasteiger partial charge in [-0.2, -0.15) is 0 Å². The monoisotopic (exact) mass is 291 g/mol. The number of urea groups is 1. The SMILES string of the molecule is CN(C)Cc1cccc(CNC(=O)N2CCC(CO)C2)c1. The van der Waals surface area contributed by atoms with Crippen LogP contribution in [0.3, 0.4) is 0 Å². The quantitative estimate of drug-likeness (QED) is 0.859. The average molecular weight is 291 g/mol. The molecule has 1 aliphatic rings. The van der Waals surface area contributed by atoms with Crippen LogP contribution in [-0.4, -0.2) is 54.7 Å². The summed E-state index contributed by atoms with van der Waals surface area (Å²) in [5, 5.41) is 12.1. The Kier molecular flexibility index (Phi) is 5.59. The first-order valence-corrected chi connectivity index (χ1v) is 7.44. The number of benzene rings is 1. The highest BCUT2D eigenvalue weighted by Crippen LogP contribution is 2.15. The molecular weight excluding hydrogens is 266 g/mol. The Morgan fingerprint density at radius 2 is 2.19 bits per heavy atom. The number of rotatable bonds is 5. The van der Waals surface area contributed by atoms with Crippen LogP contribution >= 0.6 is 0 Å². The van der Waals surface area contributed by atoms with Crippen molar-refractivity contribution >= 4 is 6.03 Å². The number of nitrogens with zero attached hydrogens (tertiary/aromatic N) is 2. The molecule has 1 fully saturated rings. The zero-order valence-corrected chi connectivity index (χ0v) is 12.9. The van der Waals surface area contributed by atoms with E-state index in [1.807, 2.05) is 26.2 Å². The van der Waals surface area contributed by atoms with Crippen LogP contribution in [0.25, 0.3) is 0 Å². The topological polar surface area (TPSA) is 55.8 Å². The van der Waals surface area contributed by atoms with Gasteiger partial charge in [0.2, 0.25) is 0 Å². The fourth-order valence-electron chi connectivity index (χ4n) is 2.66. The lowest BCUT2D eigenvalue weighted by Gasteiger charge is -2.17. The van der Waals surface area contributed by atoms with Crippen LogP contribution in [0.15, 0.2) is 24.3 Å². The van der Waals surface area contributed by atoms with Crippen LogP contribution in [0.1, 0.15) is 17.5 Å². The lowest BCUT2D eigenvalue weighted by molar-refractivity contribution is 0.198. The van der Waals surface area contributed by atoms with E-state index in [1.165, 1.54) is 5.56 Å². The van der Waals surface area contributed by atoms with Crippen molar-refractivity contribution in [2.75, 3.05) is 33.8 Å².